The maximum absolute atomic E-state index is 13.5. The molecule has 0 radical (unpaired) electrons. The lowest BCUT2D eigenvalue weighted by molar-refractivity contribution is -0.379. The second-order valence-corrected chi connectivity index (χ2v) is 30.7. The van der Waals surface area contributed by atoms with Crippen molar-refractivity contribution in [2.45, 2.75) is 484 Å². The molecule has 0 spiro atoms. The van der Waals surface area contributed by atoms with E-state index in [9.17, 15) is 61.0 Å². The van der Waals surface area contributed by atoms with Crippen LogP contribution >= 0.6 is 0 Å². The lowest BCUT2D eigenvalue weighted by Crippen LogP contribution is -2.66. The quantitative estimate of drug-likeness (QED) is 0.0252. The lowest BCUT2D eigenvalue weighted by Gasteiger charge is -2.48. The molecule has 19 nitrogen and oxygen atoms in total. The van der Waals surface area contributed by atoms with Crippen LogP contribution in [0.4, 0.5) is 0 Å². The minimum atomic E-state index is -1.97. The van der Waals surface area contributed by atoms with Gasteiger partial charge in [-0.1, -0.05) is 361 Å². The summed E-state index contributed by atoms with van der Waals surface area (Å²) in [5.74, 6) is -0.232. The van der Waals surface area contributed by atoms with E-state index in [1.165, 1.54) is 302 Å². The zero-order valence-corrected chi connectivity index (χ0v) is 63.7. The van der Waals surface area contributed by atoms with E-state index in [2.05, 4.69) is 19.2 Å². The van der Waals surface area contributed by atoms with Crippen molar-refractivity contribution in [3.8, 4) is 0 Å². The summed E-state index contributed by atoms with van der Waals surface area (Å²) in [6.45, 7) is 1.88. The monoisotopic (exact) mass is 1430 g/mol. The number of unbranched alkanes of at least 4 members (excludes halogenated alkanes) is 53. The highest BCUT2D eigenvalue weighted by molar-refractivity contribution is 5.76. The van der Waals surface area contributed by atoms with Gasteiger partial charge in [0.05, 0.1) is 38.6 Å². The zero-order chi connectivity index (χ0) is 72.5. The molecule has 0 aromatic carbocycles. The zero-order valence-electron chi connectivity index (χ0n) is 63.7. The standard InChI is InChI=1S/C81H157NO18/c1-3-5-7-9-11-13-15-17-19-21-23-25-26-27-28-29-30-31-32-33-34-35-36-37-39-41-43-45-47-49-51-53-55-57-59-69(87)82-64(65(86)58-56-54-52-50-48-46-44-42-40-38-24-22-20-18-16-14-12-10-8-6-4-2)63-95-79-75(93)72(90)77(67(61-84)97-79)100-81-76(94)73(91)78(68(62-85)98-81)99-80-74(92)71(89)70(88)66(60-83)96-80/h64-68,70-81,83-86,88-94H,3-63H2,1-2H3,(H,82,87). The molecule has 17 atom stereocenters. The molecule has 17 unspecified atom stereocenters. The van der Waals surface area contributed by atoms with E-state index in [-0.39, 0.29) is 18.9 Å². The number of carbonyl (C=O) groups is 1. The molecule has 3 rings (SSSR count). The van der Waals surface area contributed by atoms with Gasteiger partial charge in [0.1, 0.15) is 73.2 Å². The van der Waals surface area contributed by atoms with Gasteiger partial charge in [-0.15, -0.1) is 0 Å². The van der Waals surface area contributed by atoms with Crippen LogP contribution < -0.4 is 5.32 Å². The van der Waals surface area contributed by atoms with Gasteiger partial charge in [0.15, 0.2) is 18.9 Å². The van der Waals surface area contributed by atoms with Crippen LogP contribution in [0.15, 0.2) is 0 Å². The Bertz CT molecular complexity index is 1810. The average molecular weight is 1430 g/mol. The number of nitrogens with one attached hydrogen (secondary N) is 1. The molecule has 3 saturated heterocycles. The van der Waals surface area contributed by atoms with E-state index >= 15 is 0 Å². The molecule has 3 fully saturated rings. The third kappa shape index (κ3) is 42.4. The number of hydrogen-bond donors (Lipinski definition) is 12. The summed E-state index contributed by atoms with van der Waals surface area (Å²) < 4.78 is 34.5. The predicted molar refractivity (Wildman–Crippen MR) is 397 cm³/mol. The molecule has 0 aromatic heterocycles. The highest BCUT2D eigenvalue weighted by Gasteiger charge is 2.54. The van der Waals surface area contributed by atoms with Crippen LogP contribution in [0.5, 0.6) is 0 Å². The summed E-state index contributed by atoms with van der Waals surface area (Å²) in [5.41, 5.74) is 0. The maximum Gasteiger partial charge on any atom is 0.220 e. The Balaban J connectivity index is 1.32. The number of ether oxygens (including phenoxy) is 6. The Hall–Kier alpha value is -1.21. The van der Waals surface area contributed by atoms with Gasteiger partial charge in [-0.3, -0.25) is 4.79 Å². The van der Waals surface area contributed by atoms with Gasteiger partial charge >= 0.3 is 0 Å². The molecule has 12 N–H and O–H groups in total. The minimum Gasteiger partial charge on any atom is -0.394 e. The summed E-state index contributed by atoms with van der Waals surface area (Å²) in [5, 5.41) is 121. The van der Waals surface area contributed by atoms with Crippen LogP contribution in [-0.2, 0) is 33.2 Å². The Kier molecular flexibility index (Phi) is 58.4. The number of carbonyl (C=O) groups excluding carboxylic acids is 1. The molecule has 100 heavy (non-hydrogen) atoms. The van der Waals surface area contributed by atoms with Gasteiger partial charge < -0.3 is 89.9 Å². The van der Waals surface area contributed by atoms with Crippen molar-refractivity contribution in [2.75, 3.05) is 26.4 Å². The summed E-state index contributed by atoms with van der Waals surface area (Å²) >= 11 is 0. The number of rotatable bonds is 69. The maximum atomic E-state index is 13.5. The van der Waals surface area contributed by atoms with Gasteiger partial charge in [0.25, 0.3) is 0 Å². The molecule has 0 aromatic rings. The van der Waals surface area contributed by atoms with Gasteiger partial charge in [0, 0.05) is 6.42 Å². The third-order valence-corrected chi connectivity index (χ3v) is 21.7. The molecule has 594 valence electrons. The first-order valence-electron chi connectivity index (χ1n) is 42.3. The predicted octanol–water partition coefficient (Wildman–Crippen LogP) is 14.6. The summed E-state index contributed by atoms with van der Waals surface area (Å²) in [6, 6.07) is -0.883. The summed E-state index contributed by atoms with van der Waals surface area (Å²) in [6.07, 6.45) is 46.4. The highest BCUT2D eigenvalue weighted by Crippen LogP contribution is 2.34. The van der Waals surface area contributed by atoms with Gasteiger partial charge in [-0.25, -0.2) is 0 Å². The fraction of sp³-hybridized carbons (Fsp3) is 0.988. The van der Waals surface area contributed by atoms with Gasteiger partial charge in [-0.05, 0) is 12.8 Å². The molecule has 0 saturated carbocycles. The Labute approximate surface area is 608 Å². The van der Waals surface area contributed by atoms with Crippen molar-refractivity contribution in [3.05, 3.63) is 0 Å². The van der Waals surface area contributed by atoms with Crippen LogP contribution in [0, 0.1) is 0 Å². The van der Waals surface area contributed by atoms with Crippen LogP contribution in [0.2, 0.25) is 0 Å². The SMILES string of the molecule is CCCCCCCCCCCCCCCCCCCCCCCCCCCCCCCCCCCCC(=O)NC(COC1OC(CO)C(OC2OC(CO)C(OC3OC(CO)C(O)C(O)C3O)C(O)C2O)C(O)C1O)C(O)CCCCCCCCCCCCCCCCCCCCCCC. The average Bonchev–Trinajstić information content (AvgIpc) is 0.783. The van der Waals surface area contributed by atoms with Crippen molar-refractivity contribution in [2.24, 2.45) is 0 Å². The normalized spacial score (nSPS) is 26.4. The Morgan fingerprint density at radius 1 is 0.320 bits per heavy atom. The molecular formula is C81H157NO18. The molecule has 3 aliphatic heterocycles. The van der Waals surface area contributed by atoms with E-state index in [1.807, 2.05) is 0 Å². The van der Waals surface area contributed by atoms with E-state index in [0.717, 1.165) is 44.9 Å². The van der Waals surface area contributed by atoms with Crippen molar-refractivity contribution >= 4 is 5.91 Å². The first-order chi connectivity index (χ1) is 48.8. The first kappa shape index (κ1) is 93.0. The Morgan fingerprint density at radius 2 is 0.570 bits per heavy atom. The molecule has 0 bridgehead atoms. The van der Waals surface area contributed by atoms with Gasteiger partial charge in [-0.2, -0.15) is 0 Å². The van der Waals surface area contributed by atoms with E-state index in [4.69, 9.17) is 28.4 Å². The second-order valence-electron chi connectivity index (χ2n) is 30.7. The molecular weight excluding hydrogens is 1270 g/mol. The molecule has 3 aliphatic rings. The van der Waals surface area contributed by atoms with Crippen molar-refractivity contribution < 1.29 is 89.4 Å². The summed E-state index contributed by atoms with van der Waals surface area (Å²) in [7, 11) is 0. The first-order valence-corrected chi connectivity index (χ1v) is 42.3. The minimum absolute atomic E-state index is 0.232. The number of hydrogen-bond acceptors (Lipinski definition) is 18. The highest BCUT2D eigenvalue weighted by atomic mass is 16.8. The summed E-state index contributed by atoms with van der Waals surface area (Å²) in [4.78, 5) is 13.5. The van der Waals surface area contributed by atoms with Crippen LogP contribution in [0.25, 0.3) is 0 Å². The second kappa shape index (κ2) is 62.8. The molecule has 19 heteroatoms. The molecule has 1 amide bonds. The fourth-order valence-corrected chi connectivity index (χ4v) is 14.9. The van der Waals surface area contributed by atoms with E-state index in [0.29, 0.717) is 12.8 Å². The van der Waals surface area contributed by atoms with E-state index in [1.54, 1.807) is 0 Å². The number of amides is 1. The van der Waals surface area contributed by atoms with Crippen molar-refractivity contribution in [1.82, 2.24) is 5.32 Å². The molecule has 3 heterocycles. The van der Waals surface area contributed by atoms with Crippen molar-refractivity contribution in [1.29, 1.82) is 0 Å². The van der Waals surface area contributed by atoms with Crippen LogP contribution in [-0.4, -0.2) is 193 Å². The van der Waals surface area contributed by atoms with Crippen molar-refractivity contribution in [3.63, 3.8) is 0 Å². The lowest BCUT2D eigenvalue weighted by atomic mass is 9.96. The molecule has 0 aliphatic carbocycles. The van der Waals surface area contributed by atoms with Crippen LogP contribution in [0.3, 0.4) is 0 Å². The number of aliphatic hydroxyl groups is 11. The van der Waals surface area contributed by atoms with E-state index < -0.39 is 124 Å². The third-order valence-electron chi connectivity index (χ3n) is 21.7. The Morgan fingerprint density at radius 3 is 0.870 bits per heavy atom. The smallest absolute Gasteiger partial charge is 0.220 e. The topological polar surface area (TPSA) is 307 Å². The van der Waals surface area contributed by atoms with Gasteiger partial charge in [0.2, 0.25) is 5.91 Å². The largest absolute Gasteiger partial charge is 0.394 e. The van der Waals surface area contributed by atoms with Crippen LogP contribution in [0.1, 0.15) is 380 Å². The number of aliphatic hydroxyl groups excluding tert-OH is 11. The fourth-order valence-electron chi connectivity index (χ4n) is 14.9.